The summed E-state index contributed by atoms with van der Waals surface area (Å²) in [4.78, 5) is 25.5. The van der Waals surface area contributed by atoms with Gasteiger partial charge in [-0.3, -0.25) is 15.6 Å². The summed E-state index contributed by atoms with van der Waals surface area (Å²) in [5, 5.41) is 2.55. The van der Waals surface area contributed by atoms with E-state index in [9.17, 15) is 9.59 Å². The van der Waals surface area contributed by atoms with E-state index >= 15 is 0 Å². The lowest BCUT2D eigenvalue weighted by molar-refractivity contribution is -0.124. The Bertz CT molecular complexity index is 521. The molecule has 1 unspecified atom stereocenters. The van der Waals surface area contributed by atoms with Gasteiger partial charge in [0, 0.05) is 13.6 Å². The fourth-order valence-corrected chi connectivity index (χ4v) is 2.39. The van der Waals surface area contributed by atoms with E-state index in [-0.39, 0.29) is 11.9 Å². The van der Waals surface area contributed by atoms with E-state index in [0.717, 1.165) is 6.42 Å². The number of carbonyl (C=O) groups excluding carboxylic acids is 2. The zero-order valence-corrected chi connectivity index (χ0v) is 12.2. The minimum Gasteiger partial charge on any atom is -0.495 e. The van der Waals surface area contributed by atoms with Crippen LogP contribution >= 0.6 is 0 Å². The first-order valence-electron chi connectivity index (χ1n) is 6.84. The van der Waals surface area contributed by atoms with Crippen LogP contribution in [0.15, 0.2) is 24.3 Å². The molecular weight excluding hydrogens is 272 g/mol. The standard InChI is InChI=1S/C14H20N4O3/c1-15-14(20)18-9-5-7-11(18)13(19)17-16-10-6-3-4-8-12(10)21-2/h3-4,6,8,11,16H,5,7,9H2,1-2H3,(H,15,20)(H,17,19). The third-order valence-electron chi connectivity index (χ3n) is 3.46. The molecule has 0 aliphatic carbocycles. The van der Waals surface area contributed by atoms with E-state index in [2.05, 4.69) is 16.2 Å². The molecule has 1 heterocycles. The molecule has 1 aliphatic rings. The van der Waals surface area contributed by atoms with Gasteiger partial charge in [0.15, 0.2) is 0 Å². The normalized spacial score (nSPS) is 17.2. The number of benzene rings is 1. The van der Waals surface area contributed by atoms with Gasteiger partial charge < -0.3 is 15.0 Å². The van der Waals surface area contributed by atoms with Crippen molar-refractivity contribution in [1.29, 1.82) is 0 Å². The lowest BCUT2D eigenvalue weighted by Gasteiger charge is -2.23. The number of ether oxygens (including phenoxy) is 1. The number of rotatable bonds is 4. The smallest absolute Gasteiger partial charge is 0.317 e. The predicted molar refractivity (Wildman–Crippen MR) is 78.9 cm³/mol. The maximum atomic E-state index is 12.2. The number of carbonyl (C=O) groups is 2. The number of urea groups is 1. The number of nitrogens with zero attached hydrogens (tertiary/aromatic N) is 1. The first kappa shape index (κ1) is 15.0. The van der Waals surface area contributed by atoms with Crippen LogP contribution < -0.4 is 20.9 Å². The Morgan fingerprint density at radius 3 is 2.81 bits per heavy atom. The molecule has 1 aromatic rings. The quantitative estimate of drug-likeness (QED) is 0.721. The Morgan fingerprint density at radius 1 is 1.33 bits per heavy atom. The van der Waals surface area contributed by atoms with Crippen LogP contribution in [0.3, 0.4) is 0 Å². The van der Waals surface area contributed by atoms with E-state index in [0.29, 0.717) is 24.4 Å². The average molecular weight is 292 g/mol. The van der Waals surface area contributed by atoms with Crippen LogP contribution in [0.25, 0.3) is 0 Å². The van der Waals surface area contributed by atoms with Crippen LogP contribution in [0, 0.1) is 0 Å². The average Bonchev–Trinajstić information content (AvgIpc) is 3.01. The zero-order valence-electron chi connectivity index (χ0n) is 12.2. The Kier molecular flexibility index (Phi) is 4.86. The van der Waals surface area contributed by atoms with Gasteiger partial charge in [-0.1, -0.05) is 12.1 Å². The molecule has 0 saturated carbocycles. The third kappa shape index (κ3) is 3.36. The van der Waals surface area contributed by atoms with Crippen molar-refractivity contribution in [2.75, 3.05) is 26.1 Å². The van der Waals surface area contributed by atoms with E-state index in [4.69, 9.17) is 4.74 Å². The molecule has 1 atom stereocenters. The van der Waals surface area contributed by atoms with E-state index in [1.165, 1.54) is 0 Å². The number of hydrogen-bond donors (Lipinski definition) is 3. The van der Waals surface area contributed by atoms with Crippen molar-refractivity contribution in [1.82, 2.24) is 15.6 Å². The summed E-state index contributed by atoms with van der Waals surface area (Å²) in [6.45, 7) is 0.590. The van der Waals surface area contributed by atoms with Gasteiger partial charge in [0.25, 0.3) is 5.91 Å². The number of hydrazine groups is 1. The maximum absolute atomic E-state index is 12.2. The van der Waals surface area contributed by atoms with Gasteiger partial charge in [0.2, 0.25) is 0 Å². The number of nitrogens with one attached hydrogen (secondary N) is 3. The third-order valence-corrected chi connectivity index (χ3v) is 3.46. The van der Waals surface area contributed by atoms with Gasteiger partial charge in [0.05, 0.1) is 12.8 Å². The molecule has 1 aromatic carbocycles. The highest BCUT2D eigenvalue weighted by molar-refractivity contribution is 5.88. The van der Waals surface area contributed by atoms with Crippen molar-refractivity contribution in [3.63, 3.8) is 0 Å². The molecule has 114 valence electrons. The summed E-state index contributed by atoms with van der Waals surface area (Å²) in [6, 6.07) is 6.59. The van der Waals surface area contributed by atoms with Crippen molar-refractivity contribution >= 4 is 17.6 Å². The van der Waals surface area contributed by atoms with E-state index in [1.54, 1.807) is 31.2 Å². The van der Waals surface area contributed by atoms with Gasteiger partial charge in [0.1, 0.15) is 11.8 Å². The second kappa shape index (κ2) is 6.83. The monoisotopic (exact) mass is 292 g/mol. The highest BCUT2D eigenvalue weighted by Crippen LogP contribution is 2.22. The molecule has 1 saturated heterocycles. The van der Waals surface area contributed by atoms with Crippen LogP contribution in [-0.4, -0.2) is 43.6 Å². The fourth-order valence-electron chi connectivity index (χ4n) is 2.39. The topological polar surface area (TPSA) is 82.7 Å². The van der Waals surface area contributed by atoms with Crippen molar-refractivity contribution in [3.8, 4) is 5.75 Å². The molecule has 1 aliphatic heterocycles. The maximum Gasteiger partial charge on any atom is 0.317 e. The molecule has 7 heteroatoms. The van der Waals surface area contributed by atoms with Crippen LogP contribution in [0.5, 0.6) is 5.75 Å². The molecule has 0 spiro atoms. The first-order valence-corrected chi connectivity index (χ1v) is 6.84. The summed E-state index contributed by atoms with van der Waals surface area (Å²) >= 11 is 0. The Hall–Kier alpha value is -2.44. The van der Waals surface area contributed by atoms with Crippen LogP contribution in [0.1, 0.15) is 12.8 Å². The molecule has 3 amide bonds. The molecule has 3 N–H and O–H groups in total. The number of hydrogen-bond acceptors (Lipinski definition) is 4. The van der Waals surface area contributed by atoms with Gasteiger partial charge in [-0.25, -0.2) is 4.79 Å². The van der Waals surface area contributed by atoms with E-state index < -0.39 is 6.04 Å². The lowest BCUT2D eigenvalue weighted by Crippen LogP contribution is -2.49. The summed E-state index contributed by atoms with van der Waals surface area (Å²) < 4.78 is 5.19. The molecule has 0 aromatic heterocycles. The molecule has 0 radical (unpaired) electrons. The van der Waals surface area contributed by atoms with Crippen LogP contribution in [0.2, 0.25) is 0 Å². The number of para-hydroxylation sites is 2. The summed E-state index contributed by atoms with van der Waals surface area (Å²) in [6.07, 6.45) is 1.48. The lowest BCUT2D eigenvalue weighted by atomic mass is 10.2. The van der Waals surface area contributed by atoms with E-state index in [1.807, 2.05) is 12.1 Å². The van der Waals surface area contributed by atoms with Gasteiger partial charge in [-0.15, -0.1) is 0 Å². The van der Waals surface area contributed by atoms with Gasteiger partial charge in [-0.05, 0) is 25.0 Å². The zero-order chi connectivity index (χ0) is 15.2. The Labute approximate surface area is 123 Å². The molecular formula is C14H20N4O3. The summed E-state index contributed by atoms with van der Waals surface area (Å²) in [7, 11) is 3.12. The van der Waals surface area contributed by atoms with Crippen molar-refractivity contribution in [3.05, 3.63) is 24.3 Å². The summed E-state index contributed by atoms with van der Waals surface area (Å²) in [5.41, 5.74) is 6.13. The van der Waals surface area contributed by atoms with Gasteiger partial charge >= 0.3 is 6.03 Å². The Balaban J connectivity index is 1.97. The number of methoxy groups -OCH3 is 1. The highest BCUT2D eigenvalue weighted by Gasteiger charge is 2.33. The molecule has 2 rings (SSSR count). The summed E-state index contributed by atoms with van der Waals surface area (Å²) in [5.74, 6) is 0.398. The Morgan fingerprint density at radius 2 is 2.10 bits per heavy atom. The molecule has 7 nitrogen and oxygen atoms in total. The first-order chi connectivity index (χ1) is 10.2. The molecule has 1 fully saturated rings. The van der Waals surface area contributed by atoms with Gasteiger partial charge in [-0.2, -0.15) is 0 Å². The largest absolute Gasteiger partial charge is 0.495 e. The van der Waals surface area contributed by atoms with Crippen LogP contribution in [-0.2, 0) is 4.79 Å². The molecule has 0 bridgehead atoms. The second-order valence-corrected chi connectivity index (χ2v) is 4.72. The fraction of sp³-hybridized carbons (Fsp3) is 0.429. The highest BCUT2D eigenvalue weighted by atomic mass is 16.5. The number of anilines is 1. The predicted octanol–water partition coefficient (Wildman–Crippen LogP) is 0.942. The van der Waals surface area contributed by atoms with Crippen molar-refractivity contribution in [2.24, 2.45) is 0 Å². The SMILES string of the molecule is CNC(=O)N1CCCC1C(=O)NNc1ccccc1OC. The van der Waals surface area contributed by atoms with Crippen molar-refractivity contribution in [2.45, 2.75) is 18.9 Å². The number of likely N-dealkylation sites (tertiary alicyclic amines) is 1. The number of amides is 3. The van der Waals surface area contributed by atoms with Crippen LogP contribution in [0.4, 0.5) is 10.5 Å². The minimum atomic E-state index is -0.452. The van der Waals surface area contributed by atoms with Crippen molar-refractivity contribution < 1.29 is 14.3 Å². The molecule has 21 heavy (non-hydrogen) atoms. The second-order valence-electron chi connectivity index (χ2n) is 4.72. The minimum absolute atomic E-state index is 0.232.